The highest BCUT2D eigenvalue weighted by Crippen LogP contribution is 2.35. The van der Waals surface area contributed by atoms with Crippen LogP contribution in [0.1, 0.15) is 66.5 Å². The highest BCUT2D eigenvalue weighted by atomic mass is 19.2. The van der Waals surface area contributed by atoms with E-state index in [4.69, 9.17) is 28.7 Å². The van der Waals surface area contributed by atoms with Crippen molar-refractivity contribution in [3.05, 3.63) is 119 Å². The van der Waals surface area contributed by atoms with Gasteiger partial charge in [-0.2, -0.15) is 0 Å². The van der Waals surface area contributed by atoms with Crippen molar-refractivity contribution in [1.29, 1.82) is 0 Å². The first-order valence-corrected chi connectivity index (χ1v) is 22.4. The average Bonchev–Trinajstić information content (AvgIpc) is 4.15. The van der Waals surface area contributed by atoms with Gasteiger partial charge in [0.15, 0.2) is 11.4 Å². The molecule has 8 rings (SSSR count). The van der Waals surface area contributed by atoms with Crippen LogP contribution in [0.25, 0.3) is 17.1 Å². The lowest BCUT2D eigenvalue weighted by atomic mass is 9.85. The van der Waals surface area contributed by atoms with Gasteiger partial charge in [-0.3, -0.25) is 9.59 Å². The number of carbonyl (C=O) groups excluding carboxylic acids is 2. The lowest BCUT2D eigenvalue weighted by molar-refractivity contribution is -0.360. The number of amides is 2. The predicted molar refractivity (Wildman–Crippen MR) is 243 cm³/mol. The number of benzene rings is 2. The van der Waals surface area contributed by atoms with Crippen molar-refractivity contribution in [3.8, 4) is 11.5 Å². The summed E-state index contributed by atoms with van der Waals surface area (Å²) in [5, 5.41) is 9.20. The molecule has 1 aliphatic carbocycles. The van der Waals surface area contributed by atoms with E-state index in [1.807, 2.05) is 42.5 Å². The summed E-state index contributed by atoms with van der Waals surface area (Å²) in [6.45, 7) is -0.317. The molecule has 2 aliphatic heterocycles. The van der Waals surface area contributed by atoms with Crippen LogP contribution in [-0.4, -0.2) is 121 Å². The number of aryl methyl sites for hydroxylation is 1. The summed E-state index contributed by atoms with van der Waals surface area (Å²) < 4.78 is 62.1. The van der Waals surface area contributed by atoms with E-state index in [-0.39, 0.29) is 37.2 Å². The van der Waals surface area contributed by atoms with Crippen molar-refractivity contribution in [2.24, 2.45) is 0 Å². The normalized spacial score (nSPS) is 17.5. The Hall–Kier alpha value is -6.08. The molecular formula is C47H57BF2N8O7. The number of nitrogens with one attached hydrogen (secondary N) is 5. The molecule has 5 aromatic rings. The van der Waals surface area contributed by atoms with Gasteiger partial charge in [-0.25, -0.2) is 4.98 Å². The van der Waals surface area contributed by atoms with E-state index in [9.17, 15) is 9.59 Å². The summed E-state index contributed by atoms with van der Waals surface area (Å²) in [7, 11) is 1.64. The number of hydrogen-bond acceptors (Lipinski definition) is 9. The molecule has 2 aromatic carbocycles. The molecule has 0 unspecified atom stereocenters. The van der Waals surface area contributed by atoms with Crippen LogP contribution in [0.3, 0.4) is 0 Å². The molecule has 3 aromatic heterocycles. The molecule has 18 heteroatoms. The number of imidazole rings is 1. The van der Waals surface area contributed by atoms with E-state index in [1.165, 1.54) is 0 Å². The van der Waals surface area contributed by atoms with Crippen molar-refractivity contribution in [2.75, 3.05) is 66.4 Å². The van der Waals surface area contributed by atoms with Crippen LogP contribution in [0.15, 0.2) is 90.8 Å². The second-order valence-electron chi connectivity index (χ2n) is 16.4. The summed E-state index contributed by atoms with van der Waals surface area (Å²) in [4.78, 5) is 36.5. The topological polar surface area (TPSA) is 169 Å². The first kappa shape index (κ1) is 45.5. The van der Waals surface area contributed by atoms with Gasteiger partial charge in [-0.1, -0.05) is 12.1 Å². The van der Waals surface area contributed by atoms with Gasteiger partial charge >= 0.3 is 6.97 Å². The Balaban J connectivity index is 0.634. The van der Waals surface area contributed by atoms with Gasteiger partial charge in [0, 0.05) is 67.7 Å². The van der Waals surface area contributed by atoms with Gasteiger partial charge < -0.3 is 67.2 Å². The molecule has 65 heavy (non-hydrogen) atoms. The summed E-state index contributed by atoms with van der Waals surface area (Å²) in [5.74, 6) is 2.60. The Morgan fingerprint density at radius 1 is 0.877 bits per heavy atom. The first-order chi connectivity index (χ1) is 31.7. The van der Waals surface area contributed by atoms with Gasteiger partial charge in [0.25, 0.3) is 0 Å². The van der Waals surface area contributed by atoms with Crippen molar-refractivity contribution in [3.63, 3.8) is 0 Å². The molecule has 0 bridgehead atoms. The number of rotatable bonds is 24. The Labute approximate surface area is 376 Å². The number of methoxy groups -OCH3 is 1. The van der Waals surface area contributed by atoms with Crippen LogP contribution < -0.4 is 25.4 Å². The second kappa shape index (κ2) is 21.7. The maximum absolute atomic E-state index is 16.0. The zero-order valence-electron chi connectivity index (χ0n) is 36.7. The first-order valence-electron chi connectivity index (χ1n) is 22.4. The SMILES string of the molecule is COc1ccc(CNCC(=O)NC2CCC(c3nc4ccc(OCCOCCOCCOCCNC(=O)CCc5ccc6n5[B-](F)(F)[N+]5=C(c7ccc[nH]7)C=CC5=C6)cc4[nH]3)CC2)cc1. The van der Waals surface area contributed by atoms with E-state index >= 15 is 8.63 Å². The largest absolute Gasteiger partial charge is 0.737 e. The number of ether oxygens (including phenoxy) is 5. The number of fused-ring (bicyclic) bond motifs is 3. The predicted octanol–water partition coefficient (Wildman–Crippen LogP) is 5.46. The molecular weight excluding hydrogens is 837 g/mol. The van der Waals surface area contributed by atoms with Crippen LogP contribution >= 0.6 is 0 Å². The highest BCUT2D eigenvalue weighted by Gasteiger charge is 2.52. The number of allylic oxidation sites excluding steroid dienone is 2. The molecule has 344 valence electrons. The maximum Gasteiger partial charge on any atom is 0.737 e. The summed E-state index contributed by atoms with van der Waals surface area (Å²) >= 11 is 0. The summed E-state index contributed by atoms with van der Waals surface area (Å²) in [5.41, 5.74) is 5.20. The molecule has 0 spiro atoms. The quantitative estimate of drug-likeness (QED) is 0.0399. The number of aromatic nitrogens is 4. The van der Waals surface area contributed by atoms with Crippen LogP contribution in [-0.2, 0) is 36.8 Å². The second-order valence-corrected chi connectivity index (χ2v) is 16.4. The number of nitrogens with zero attached hydrogens (tertiary/aromatic N) is 3. The Bertz CT molecular complexity index is 2480. The molecule has 15 nitrogen and oxygen atoms in total. The van der Waals surface area contributed by atoms with E-state index in [1.54, 1.807) is 55.8 Å². The monoisotopic (exact) mass is 894 g/mol. The fourth-order valence-electron chi connectivity index (χ4n) is 8.61. The minimum atomic E-state index is -4.15. The fourth-order valence-corrected chi connectivity index (χ4v) is 8.61. The molecule has 5 heterocycles. The minimum Gasteiger partial charge on any atom is -0.497 e. The zero-order valence-corrected chi connectivity index (χ0v) is 36.7. The third-order valence-electron chi connectivity index (χ3n) is 11.9. The van der Waals surface area contributed by atoms with Gasteiger partial charge in [0.2, 0.25) is 11.8 Å². The van der Waals surface area contributed by atoms with Crippen LogP contribution in [0.2, 0.25) is 0 Å². The molecule has 3 aliphatic rings. The number of aromatic amines is 2. The smallest absolute Gasteiger partial charge is 0.497 e. The van der Waals surface area contributed by atoms with Gasteiger partial charge in [0.1, 0.15) is 29.6 Å². The highest BCUT2D eigenvalue weighted by molar-refractivity contribution is 6.58. The Morgan fingerprint density at radius 2 is 1.63 bits per heavy atom. The molecule has 5 N–H and O–H groups in total. The van der Waals surface area contributed by atoms with Crippen molar-refractivity contribution in [2.45, 2.75) is 57.0 Å². The third kappa shape index (κ3) is 11.6. The van der Waals surface area contributed by atoms with Gasteiger partial charge in [-0.15, -0.1) is 0 Å². The summed E-state index contributed by atoms with van der Waals surface area (Å²) in [6, 6.07) is 20.7. The molecule has 0 atom stereocenters. The number of halogens is 2. The van der Waals surface area contributed by atoms with E-state index in [0.29, 0.717) is 93.7 Å². The van der Waals surface area contributed by atoms with Crippen LogP contribution in [0.5, 0.6) is 11.5 Å². The Morgan fingerprint density at radius 3 is 2.38 bits per heavy atom. The van der Waals surface area contributed by atoms with E-state index in [2.05, 4.69) is 25.9 Å². The molecule has 0 saturated heterocycles. The Kier molecular flexibility index (Phi) is 15.2. The maximum atomic E-state index is 16.0. The lowest BCUT2D eigenvalue weighted by Gasteiger charge is -2.30. The number of carbonyl (C=O) groups is 2. The minimum absolute atomic E-state index is 0.0122. The van der Waals surface area contributed by atoms with Gasteiger partial charge in [-0.05, 0) is 91.9 Å². The molecule has 0 radical (unpaired) electrons. The van der Waals surface area contributed by atoms with E-state index in [0.717, 1.165) is 68.6 Å². The van der Waals surface area contributed by atoms with E-state index < -0.39 is 6.97 Å². The van der Waals surface area contributed by atoms with Crippen molar-refractivity contribution < 1.29 is 46.4 Å². The van der Waals surface area contributed by atoms with Gasteiger partial charge in [0.05, 0.1) is 64.3 Å². The number of H-pyrrole nitrogens is 2. The number of hydrogen-bond donors (Lipinski definition) is 5. The standard InChI is InChI=1S/C47H57BF2N8O7/c1-61-39-14-4-33(5-15-39)31-51-32-46(60)54-35-8-6-34(7-9-35)47-55-41-17-16-40(30-43(41)56-47)65-28-27-64-26-25-63-24-23-62-22-21-53-45(59)19-13-36-10-11-37-29-38-12-18-44(42-3-2-20-52-42)58(38)48(49,50)57(36)37/h2-5,10-12,14-18,20,29-30,34-35,51-52H,6-9,13,19,21-28,31-32H2,1H3,(H,53,59)(H,54,60)(H,55,56). The van der Waals surface area contributed by atoms with Crippen LogP contribution in [0.4, 0.5) is 8.63 Å². The lowest BCUT2D eigenvalue weighted by Crippen LogP contribution is -2.51. The molecule has 2 amide bonds. The van der Waals surface area contributed by atoms with Crippen molar-refractivity contribution >= 4 is 41.6 Å². The zero-order chi connectivity index (χ0) is 45.0. The van der Waals surface area contributed by atoms with Crippen molar-refractivity contribution in [1.82, 2.24) is 35.4 Å². The molecule has 1 fully saturated rings. The third-order valence-corrected chi connectivity index (χ3v) is 11.9. The fraction of sp³-hybridized carbons (Fsp3) is 0.404. The molecule has 1 saturated carbocycles. The van der Waals surface area contributed by atoms with Crippen LogP contribution in [0, 0.1) is 0 Å². The average molecular weight is 895 g/mol. The summed E-state index contributed by atoms with van der Waals surface area (Å²) in [6.07, 6.45) is 10.8.